The lowest BCUT2D eigenvalue weighted by Crippen LogP contribution is -2.48. The maximum Gasteiger partial charge on any atom is 0.251 e. The largest absolute Gasteiger partial charge is 0.348 e. The molecule has 100 valence electrons. The molecule has 0 aliphatic rings. The van der Waals surface area contributed by atoms with Crippen LogP contribution in [0.5, 0.6) is 0 Å². The fourth-order valence-electron chi connectivity index (χ4n) is 1.66. The number of rotatable bonds is 3. The van der Waals surface area contributed by atoms with E-state index in [4.69, 9.17) is 5.73 Å². The van der Waals surface area contributed by atoms with E-state index in [0.717, 1.165) is 10.0 Å². The van der Waals surface area contributed by atoms with E-state index >= 15 is 0 Å². The van der Waals surface area contributed by atoms with Crippen LogP contribution in [0.2, 0.25) is 0 Å². The van der Waals surface area contributed by atoms with E-state index in [1.807, 2.05) is 25.1 Å². The Balaban J connectivity index is 2.85. The Hall–Kier alpha value is -0.870. The average molecular weight is 313 g/mol. The summed E-state index contributed by atoms with van der Waals surface area (Å²) in [6.45, 7) is 8.60. The van der Waals surface area contributed by atoms with Crippen molar-refractivity contribution in [3.63, 3.8) is 0 Å². The maximum absolute atomic E-state index is 12.1. The van der Waals surface area contributed by atoms with Crippen molar-refractivity contribution in [2.75, 3.05) is 6.54 Å². The summed E-state index contributed by atoms with van der Waals surface area (Å²) in [6.07, 6.45) is 0. The van der Waals surface area contributed by atoms with Crippen LogP contribution < -0.4 is 11.1 Å². The minimum atomic E-state index is -0.0732. The first kappa shape index (κ1) is 15.2. The molecule has 0 radical (unpaired) electrons. The van der Waals surface area contributed by atoms with Gasteiger partial charge in [0, 0.05) is 22.6 Å². The van der Waals surface area contributed by atoms with Crippen LogP contribution in [0.4, 0.5) is 0 Å². The molecule has 0 aliphatic carbocycles. The van der Waals surface area contributed by atoms with Gasteiger partial charge in [0.05, 0.1) is 0 Å². The molecule has 4 heteroatoms. The lowest BCUT2D eigenvalue weighted by atomic mass is 9.86. The third-order valence-electron chi connectivity index (χ3n) is 3.01. The molecule has 0 heterocycles. The summed E-state index contributed by atoms with van der Waals surface area (Å²) in [7, 11) is 0. The van der Waals surface area contributed by atoms with E-state index in [0.29, 0.717) is 12.1 Å². The number of aryl methyl sites for hydroxylation is 1. The fourth-order valence-corrected chi connectivity index (χ4v) is 1.90. The van der Waals surface area contributed by atoms with Crippen LogP contribution in [0.1, 0.15) is 36.7 Å². The molecular weight excluding hydrogens is 292 g/mol. The standard InChI is InChI=1S/C14H21BrN2O/c1-9-7-10(5-6-11(9)15)13(18)17-12(8-16)14(2,3)4/h5-7,12H,8,16H2,1-4H3,(H,17,18). The molecule has 1 amide bonds. The van der Waals surface area contributed by atoms with Crippen molar-refractivity contribution in [2.45, 2.75) is 33.7 Å². The van der Waals surface area contributed by atoms with E-state index < -0.39 is 0 Å². The molecular formula is C14H21BrN2O. The van der Waals surface area contributed by atoms with Gasteiger partial charge in [-0.3, -0.25) is 4.79 Å². The highest BCUT2D eigenvalue weighted by Crippen LogP contribution is 2.20. The van der Waals surface area contributed by atoms with Gasteiger partial charge in [-0.15, -0.1) is 0 Å². The molecule has 0 spiro atoms. The number of nitrogens with one attached hydrogen (secondary N) is 1. The molecule has 3 nitrogen and oxygen atoms in total. The lowest BCUT2D eigenvalue weighted by Gasteiger charge is -2.30. The number of hydrogen-bond donors (Lipinski definition) is 2. The SMILES string of the molecule is Cc1cc(C(=O)NC(CN)C(C)(C)C)ccc1Br. The predicted molar refractivity (Wildman–Crippen MR) is 78.6 cm³/mol. The van der Waals surface area contributed by atoms with Crippen LogP contribution in [0.15, 0.2) is 22.7 Å². The lowest BCUT2D eigenvalue weighted by molar-refractivity contribution is 0.0905. The van der Waals surface area contributed by atoms with Gasteiger partial charge in [0.2, 0.25) is 0 Å². The molecule has 18 heavy (non-hydrogen) atoms. The maximum atomic E-state index is 12.1. The number of hydrogen-bond acceptors (Lipinski definition) is 2. The van der Waals surface area contributed by atoms with Crippen LogP contribution in [-0.2, 0) is 0 Å². The normalized spacial score (nSPS) is 13.2. The van der Waals surface area contributed by atoms with Gasteiger partial charge in [0.15, 0.2) is 0 Å². The van der Waals surface area contributed by atoms with E-state index in [1.165, 1.54) is 0 Å². The molecule has 0 saturated carbocycles. The van der Waals surface area contributed by atoms with E-state index in [-0.39, 0.29) is 17.4 Å². The van der Waals surface area contributed by atoms with Crippen LogP contribution in [-0.4, -0.2) is 18.5 Å². The second kappa shape index (κ2) is 5.85. The van der Waals surface area contributed by atoms with Crippen molar-refractivity contribution in [2.24, 2.45) is 11.1 Å². The van der Waals surface area contributed by atoms with Gasteiger partial charge in [-0.2, -0.15) is 0 Å². The Kier molecular flexibility index (Phi) is 4.93. The zero-order valence-electron chi connectivity index (χ0n) is 11.4. The quantitative estimate of drug-likeness (QED) is 0.901. The van der Waals surface area contributed by atoms with Gasteiger partial charge in [-0.1, -0.05) is 36.7 Å². The Bertz CT molecular complexity index is 438. The second-order valence-electron chi connectivity index (χ2n) is 5.59. The highest BCUT2D eigenvalue weighted by atomic mass is 79.9. The first-order valence-electron chi connectivity index (χ1n) is 6.02. The molecule has 3 N–H and O–H groups in total. The van der Waals surface area contributed by atoms with Gasteiger partial charge in [0.1, 0.15) is 0 Å². The van der Waals surface area contributed by atoms with Crippen molar-refractivity contribution in [1.29, 1.82) is 0 Å². The first-order chi connectivity index (χ1) is 8.25. The molecule has 0 aromatic heterocycles. The molecule has 1 atom stereocenters. The molecule has 1 aromatic rings. The Morgan fingerprint density at radius 1 is 1.44 bits per heavy atom. The minimum absolute atomic E-state index is 0.0334. The smallest absolute Gasteiger partial charge is 0.251 e. The minimum Gasteiger partial charge on any atom is -0.348 e. The van der Waals surface area contributed by atoms with Gasteiger partial charge in [-0.25, -0.2) is 0 Å². The van der Waals surface area contributed by atoms with Crippen molar-refractivity contribution in [3.8, 4) is 0 Å². The summed E-state index contributed by atoms with van der Waals surface area (Å²) in [6, 6.07) is 5.53. The molecule has 0 bridgehead atoms. The third-order valence-corrected chi connectivity index (χ3v) is 3.90. The topological polar surface area (TPSA) is 55.1 Å². The zero-order valence-corrected chi connectivity index (χ0v) is 13.0. The highest BCUT2D eigenvalue weighted by Gasteiger charge is 2.25. The van der Waals surface area contributed by atoms with Gasteiger partial charge >= 0.3 is 0 Å². The van der Waals surface area contributed by atoms with Crippen molar-refractivity contribution >= 4 is 21.8 Å². The summed E-state index contributed by atoms with van der Waals surface area (Å²) in [5.74, 6) is -0.0732. The molecule has 1 rings (SSSR count). The third kappa shape index (κ3) is 3.82. The average Bonchev–Trinajstić information content (AvgIpc) is 2.27. The molecule has 0 saturated heterocycles. The Morgan fingerprint density at radius 2 is 2.06 bits per heavy atom. The summed E-state index contributed by atoms with van der Waals surface area (Å²) in [5, 5.41) is 2.99. The van der Waals surface area contributed by atoms with Crippen LogP contribution >= 0.6 is 15.9 Å². The monoisotopic (exact) mass is 312 g/mol. The van der Waals surface area contributed by atoms with Crippen LogP contribution in [0, 0.1) is 12.3 Å². The van der Waals surface area contributed by atoms with Crippen molar-refractivity contribution in [1.82, 2.24) is 5.32 Å². The number of carbonyl (C=O) groups is 1. The first-order valence-corrected chi connectivity index (χ1v) is 6.82. The molecule has 1 unspecified atom stereocenters. The fraction of sp³-hybridized carbons (Fsp3) is 0.500. The van der Waals surface area contributed by atoms with Gasteiger partial charge < -0.3 is 11.1 Å². The predicted octanol–water partition coefficient (Wildman–Crippen LogP) is 2.86. The number of nitrogens with two attached hydrogens (primary N) is 1. The number of carbonyl (C=O) groups excluding carboxylic acids is 1. The Labute approximate surface area is 117 Å². The Morgan fingerprint density at radius 3 is 2.50 bits per heavy atom. The van der Waals surface area contributed by atoms with Crippen LogP contribution in [0.3, 0.4) is 0 Å². The summed E-state index contributed by atoms with van der Waals surface area (Å²) in [4.78, 5) is 12.1. The second-order valence-corrected chi connectivity index (χ2v) is 6.45. The van der Waals surface area contributed by atoms with Gasteiger partial charge in [-0.05, 0) is 36.1 Å². The van der Waals surface area contributed by atoms with E-state index in [1.54, 1.807) is 0 Å². The van der Waals surface area contributed by atoms with E-state index in [9.17, 15) is 4.79 Å². The number of halogens is 1. The summed E-state index contributed by atoms with van der Waals surface area (Å²) >= 11 is 3.42. The van der Waals surface area contributed by atoms with Crippen molar-refractivity contribution < 1.29 is 4.79 Å². The van der Waals surface area contributed by atoms with Crippen molar-refractivity contribution in [3.05, 3.63) is 33.8 Å². The highest BCUT2D eigenvalue weighted by molar-refractivity contribution is 9.10. The zero-order chi connectivity index (χ0) is 13.9. The molecule has 0 aliphatic heterocycles. The van der Waals surface area contributed by atoms with Gasteiger partial charge in [0.25, 0.3) is 5.91 Å². The van der Waals surface area contributed by atoms with E-state index in [2.05, 4.69) is 42.0 Å². The number of benzene rings is 1. The summed E-state index contributed by atoms with van der Waals surface area (Å²) < 4.78 is 1.00. The number of amides is 1. The molecule has 0 fully saturated rings. The van der Waals surface area contributed by atoms with Crippen LogP contribution in [0.25, 0.3) is 0 Å². The summed E-state index contributed by atoms with van der Waals surface area (Å²) in [5.41, 5.74) is 7.38. The molecule has 1 aromatic carbocycles.